The highest BCUT2D eigenvalue weighted by Gasteiger charge is 2.15. The second kappa shape index (κ2) is 8.86. The highest BCUT2D eigenvalue weighted by molar-refractivity contribution is 5.86. The zero-order chi connectivity index (χ0) is 16.5. The molecule has 6 nitrogen and oxygen atoms in total. The Hall–Kier alpha value is -2.31. The fourth-order valence-corrected chi connectivity index (χ4v) is 1.65. The van der Waals surface area contributed by atoms with E-state index in [-0.39, 0.29) is 24.4 Å². The zero-order valence-electron chi connectivity index (χ0n) is 13.0. The van der Waals surface area contributed by atoms with Gasteiger partial charge in [0.1, 0.15) is 24.2 Å². The molecule has 3 amide bonds. The molecule has 0 heterocycles. The first kappa shape index (κ1) is 17.7. The molecule has 0 bridgehead atoms. The van der Waals surface area contributed by atoms with Crippen molar-refractivity contribution in [3.05, 3.63) is 30.1 Å². The third kappa shape index (κ3) is 6.43. The van der Waals surface area contributed by atoms with Gasteiger partial charge in [-0.25, -0.2) is 9.18 Å². The SMILES string of the molecule is CCNC(=O)[C@@H](C)NC(=O)N[C@H](C)COc1ccc(F)cc1. The van der Waals surface area contributed by atoms with E-state index in [9.17, 15) is 14.0 Å². The number of carbonyl (C=O) groups excluding carboxylic acids is 2. The summed E-state index contributed by atoms with van der Waals surface area (Å²) in [5.74, 6) is -0.0590. The largest absolute Gasteiger partial charge is 0.491 e. The molecule has 0 spiro atoms. The van der Waals surface area contributed by atoms with Crippen molar-refractivity contribution in [2.45, 2.75) is 32.9 Å². The number of halogens is 1. The van der Waals surface area contributed by atoms with Crippen LogP contribution in [0.5, 0.6) is 5.75 Å². The molecule has 122 valence electrons. The number of benzene rings is 1. The van der Waals surface area contributed by atoms with Crippen LogP contribution in [0.2, 0.25) is 0 Å². The Kier molecular flexibility index (Phi) is 7.15. The standard InChI is InChI=1S/C15H22FN3O3/c1-4-17-14(20)11(3)19-15(21)18-10(2)9-22-13-7-5-12(16)6-8-13/h5-8,10-11H,4,9H2,1-3H3,(H,17,20)(H2,18,19,21)/t10-,11-/m1/s1. The Balaban J connectivity index is 2.31. The summed E-state index contributed by atoms with van der Waals surface area (Å²) >= 11 is 0. The summed E-state index contributed by atoms with van der Waals surface area (Å²) in [4.78, 5) is 23.2. The summed E-state index contributed by atoms with van der Waals surface area (Å²) in [5, 5.41) is 7.81. The van der Waals surface area contributed by atoms with E-state index in [1.807, 2.05) is 0 Å². The van der Waals surface area contributed by atoms with Crippen molar-refractivity contribution < 1.29 is 18.7 Å². The minimum Gasteiger partial charge on any atom is -0.491 e. The van der Waals surface area contributed by atoms with E-state index in [1.54, 1.807) is 20.8 Å². The van der Waals surface area contributed by atoms with E-state index >= 15 is 0 Å². The third-order valence-corrected chi connectivity index (χ3v) is 2.78. The minimum atomic E-state index is -0.620. The van der Waals surface area contributed by atoms with Gasteiger partial charge in [0.2, 0.25) is 5.91 Å². The molecule has 1 aromatic carbocycles. The fraction of sp³-hybridized carbons (Fsp3) is 0.467. The lowest BCUT2D eigenvalue weighted by Crippen LogP contribution is -2.51. The van der Waals surface area contributed by atoms with E-state index in [0.717, 1.165) is 0 Å². The highest BCUT2D eigenvalue weighted by atomic mass is 19.1. The molecule has 0 saturated heterocycles. The van der Waals surface area contributed by atoms with Gasteiger partial charge in [0.25, 0.3) is 0 Å². The number of amides is 3. The van der Waals surface area contributed by atoms with Crippen molar-refractivity contribution in [2.75, 3.05) is 13.2 Å². The summed E-state index contributed by atoms with van der Waals surface area (Å²) in [6.07, 6.45) is 0. The summed E-state index contributed by atoms with van der Waals surface area (Å²) in [5.41, 5.74) is 0. The maximum atomic E-state index is 12.7. The van der Waals surface area contributed by atoms with Crippen LogP contribution in [0.3, 0.4) is 0 Å². The summed E-state index contributed by atoms with van der Waals surface area (Å²) in [7, 11) is 0. The summed E-state index contributed by atoms with van der Waals surface area (Å²) in [6, 6.07) is 4.28. The van der Waals surface area contributed by atoms with E-state index in [0.29, 0.717) is 12.3 Å². The van der Waals surface area contributed by atoms with Crippen LogP contribution in [-0.4, -0.2) is 37.2 Å². The Morgan fingerprint density at radius 3 is 2.41 bits per heavy atom. The zero-order valence-corrected chi connectivity index (χ0v) is 13.0. The molecule has 0 aromatic heterocycles. The van der Waals surface area contributed by atoms with Crippen LogP contribution >= 0.6 is 0 Å². The number of hydrogen-bond donors (Lipinski definition) is 3. The monoisotopic (exact) mass is 311 g/mol. The van der Waals surface area contributed by atoms with Gasteiger partial charge in [-0.1, -0.05) is 0 Å². The topological polar surface area (TPSA) is 79.5 Å². The van der Waals surface area contributed by atoms with Gasteiger partial charge < -0.3 is 20.7 Å². The second-order valence-electron chi connectivity index (χ2n) is 4.90. The van der Waals surface area contributed by atoms with Crippen LogP contribution < -0.4 is 20.7 Å². The van der Waals surface area contributed by atoms with E-state index in [4.69, 9.17) is 4.74 Å². The van der Waals surface area contributed by atoms with Crippen molar-refractivity contribution in [2.24, 2.45) is 0 Å². The maximum Gasteiger partial charge on any atom is 0.315 e. The molecule has 0 unspecified atom stereocenters. The molecule has 1 aromatic rings. The molecular formula is C15H22FN3O3. The molecule has 22 heavy (non-hydrogen) atoms. The number of rotatable bonds is 7. The molecule has 0 fully saturated rings. The number of ether oxygens (including phenoxy) is 1. The van der Waals surface area contributed by atoms with Crippen LogP contribution in [0.4, 0.5) is 9.18 Å². The lowest BCUT2D eigenvalue weighted by Gasteiger charge is -2.18. The molecule has 0 radical (unpaired) electrons. The van der Waals surface area contributed by atoms with Gasteiger partial charge in [-0.15, -0.1) is 0 Å². The molecule has 0 aliphatic carbocycles. The number of likely N-dealkylation sites (N-methyl/N-ethyl adjacent to an activating group) is 1. The molecule has 3 N–H and O–H groups in total. The molecule has 0 aliphatic rings. The second-order valence-corrected chi connectivity index (χ2v) is 4.90. The summed E-state index contributed by atoms with van der Waals surface area (Å²) in [6.45, 7) is 5.91. The van der Waals surface area contributed by atoms with Crippen LogP contribution in [-0.2, 0) is 4.79 Å². The highest BCUT2D eigenvalue weighted by Crippen LogP contribution is 2.11. The van der Waals surface area contributed by atoms with Crippen LogP contribution in [0.25, 0.3) is 0 Å². The van der Waals surface area contributed by atoms with Gasteiger partial charge in [-0.2, -0.15) is 0 Å². The van der Waals surface area contributed by atoms with Crippen molar-refractivity contribution >= 4 is 11.9 Å². The first-order chi connectivity index (χ1) is 10.4. The predicted octanol–water partition coefficient (Wildman–Crippen LogP) is 1.42. The molecule has 1 rings (SSSR count). The van der Waals surface area contributed by atoms with E-state index in [2.05, 4.69) is 16.0 Å². The van der Waals surface area contributed by atoms with Crippen molar-refractivity contribution in [1.82, 2.24) is 16.0 Å². The Morgan fingerprint density at radius 2 is 1.82 bits per heavy atom. The molecular weight excluding hydrogens is 289 g/mol. The molecule has 2 atom stereocenters. The van der Waals surface area contributed by atoms with Gasteiger partial charge in [0.15, 0.2) is 0 Å². The Morgan fingerprint density at radius 1 is 1.18 bits per heavy atom. The average molecular weight is 311 g/mol. The first-order valence-electron chi connectivity index (χ1n) is 7.15. The van der Waals surface area contributed by atoms with Crippen LogP contribution in [0, 0.1) is 5.82 Å². The smallest absolute Gasteiger partial charge is 0.315 e. The van der Waals surface area contributed by atoms with E-state index in [1.165, 1.54) is 24.3 Å². The van der Waals surface area contributed by atoms with Gasteiger partial charge in [-0.3, -0.25) is 4.79 Å². The van der Waals surface area contributed by atoms with Crippen LogP contribution in [0.1, 0.15) is 20.8 Å². The number of urea groups is 1. The Bertz CT molecular complexity index is 493. The van der Waals surface area contributed by atoms with Crippen LogP contribution in [0.15, 0.2) is 24.3 Å². The number of carbonyl (C=O) groups is 2. The van der Waals surface area contributed by atoms with Crippen molar-refractivity contribution in [3.63, 3.8) is 0 Å². The average Bonchev–Trinajstić information content (AvgIpc) is 2.46. The maximum absolute atomic E-state index is 12.7. The van der Waals surface area contributed by atoms with Gasteiger partial charge >= 0.3 is 6.03 Å². The van der Waals surface area contributed by atoms with Gasteiger partial charge in [0.05, 0.1) is 6.04 Å². The molecule has 0 aliphatic heterocycles. The lowest BCUT2D eigenvalue weighted by atomic mass is 10.3. The third-order valence-electron chi connectivity index (χ3n) is 2.78. The van der Waals surface area contributed by atoms with Crippen molar-refractivity contribution in [1.29, 1.82) is 0 Å². The lowest BCUT2D eigenvalue weighted by molar-refractivity contribution is -0.122. The number of nitrogens with one attached hydrogen (secondary N) is 3. The van der Waals surface area contributed by atoms with Gasteiger partial charge in [0, 0.05) is 6.54 Å². The molecule has 7 heteroatoms. The minimum absolute atomic E-state index is 0.231. The van der Waals surface area contributed by atoms with E-state index < -0.39 is 12.1 Å². The first-order valence-corrected chi connectivity index (χ1v) is 7.15. The number of hydrogen-bond acceptors (Lipinski definition) is 3. The molecule has 0 saturated carbocycles. The normalized spacial score (nSPS) is 12.9. The predicted molar refractivity (Wildman–Crippen MR) is 81.2 cm³/mol. The van der Waals surface area contributed by atoms with Crippen molar-refractivity contribution in [3.8, 4) is 5.75 Å². The Labute approximate surface area is 129 Å². The summed E-state index contributed by atoms with van der Waals surface area (Å²) < 4.78 is 18.2. The quantitative estimate of drug-likeness (QED) is 0.712. The fourth-order valence-electron chi connectivity index (χ4n) is 1.65. The van der Waals surface area contributed by atoms with Gasteiger partial charge in [-0.05, 0) is 45.0 Å².